The second-order valence-corrected chi connectivity index (χ2v) is 11.4. The van der Waals surface area contributed by atoms with Crippen LogP contribution in [0.3, 0.4) is 0 Å². The predicted molar refractivity (Wildman–Crippen MR) is 126 cm³/mol. The predicted octanol–water partition coefficient (Wildman–Crippen LogP) is 8.33. The Bertz CT molecular complexity index is 477. The number of esters is 1. The maximum atomic E-state index is 12.8. The summed E-state index contributed by atoms with van der Waals surface area (Å²) >= 11 is 0. The summed E-state index contributed by atoms with van der Waals surface area (Å²) in [6.07, 6.45) is 22.3. The van der Waals surface area contributed by atoms with E-state index in [1.807, 2.05) is 0 Å². The van der Waals surface area contributed by atoms with Crippen LogP contribution in [0.15, 0.2) is 0 Å². The summed E-state index contributed by atoms with van der Waals surface area (Å²) in [5, 5.41) is 0. The van der Waals surface area contributed by atoms with Crippen molar-refractivity contribution in [1.82, 2.24) is 0 Å². The lowest BCUT2D eigenvalue weighted by Gasteiger charge is -2.38. The lowest BCUT2D eigenvalue weighted by atomic mass is 9.68. The molecule has 30 heavy (non-hydrogen) atoms. The van der Waals surface area contributed by atoms with Gasteiger partial charge >= 0.3 is 5.97 Å². The van der Waals surface area contributed by atoms with Crippen LogP contribution in [-0.4, -0.2) is 12.1 Å². The second kappa shape index (κ2) is 12.5. The molecule has 0 spiro atoms. The van der Waals surface area contributed by atoms with Crippen LogP contribution in [0, 0.1) is 35.5 Å². The van der Waals surface area contributed by atoms with Gasteiger partial charge in [-0.25, -0.2) is 0 Å². The van der Waals surface area contributed by atoms with Crippen LogP contribution < -0.4 is 0 Å². The highest BCUT2D eigenvalue weighted by Crippen LogP contribution is 2.43. The number of unbranched alkanes of at least 4 members (excludes halogenated alkanes) is 1. The van der Waals surface area contributed by atoms with E-state index in [2.05, 4.69) is 20.8 Å². The smallest absolute Gasteiger partial charge is 0.309 e. The molecule has 3 rings (SSSR count). The van der Waals surface area contributed by atoms with Gasteiger partial charge in [-0.1, -0.05) is 59.3 Å². The highest BCUT2D eigenvalue weighted by molar-refractivity contribution is 5.72. The number of ether oxygens (including phenoxy) is 1. The SMILES string of the molecule is CCCCC1CCC(OC(=O)C2CCC(C3CCC(CC(C)CC)CC3)CC2)CC1. The van der Waals surface area contributed by atoms with Crippen LogP contribution in [0.4, 0.5) is 0 Å². The Kier molecular flexibility index (Phi) is 10.0. The summed E-state index contributed by atoms with van der Waals surface area (Å²) in [6, 6.07) is 0. The van der Waals surface area contributed by atoms with Crippen LogP contribution in [0.1, 0.15) is 130 Å². The molecule has 0 bridgehead atoms. The summed E-state index contributed by atoms with van der Waals surface area (Å²) in [4.78, 5) is 12.8. The molecule has 0 aromatic carbocycles. The van der Waals surface area contributed by atoms with Crippen molar-refractivity contribution in [3.8, 4) is 0 Å². The van der Waals surface area contributed by atoms with Crippen LogP contribution in [0.25, 0.3) is 0 Å². The van der Waals surface area contributed by atoms with E-state index in [0.717, 1.165) is 55.3 Å². The molecule has 2 heteroatoms. The molecule has 0 amide bonds. The van der Waals surface area contributed by atoms with E-state index in [1.54, 1.807) is 0 Å². The topological polar surface area (TPSA) is 26.3 Å². The molecular formula is C28H50O2. The van der Waals surface area contributed by atoms with E-state index in [1.165, 1.54) is 83.5 Å². The Morgan fingerprint density at radius 1 is 0.800 bits per heavy atom. The lowest BCUT2D eigenvalue weighted by Crippen LogP contribution is -2.32. The Morgan fingerprint density at radius 3 is 1.93 bits per heavy atom. The zero-order valence-electron chi connectivity index (χ0n) is 20.4. The molecular weight excluding hydrogens is 368 g/mol. The molecule has 1 unspecified atom stereocenters. The van der Waals surface area contributed by atoms with Crippen molar-refractivity contribution in [2.75, 3.05) is 0 Å². The summed E-state index contributed by atoms with van der Waals surface area (Å²) in [6.45, 7) is 7.03. The van der Waals surface area contributed by atoms with Gasteiger partial charge in [-0.2, -0.15) is 0 Å². The monoisotopic (exact) mass is 418 g/mol. The van der Waals surface area contributed by atoms with Crippen molar-refractivity contribution in [2.24, 2.45) is 35.5 Å². The van der Waals surface area contributed by atoms with Gasteiger partial charge in [0.2, 0.25) is 0 Å². The van der Waals surface area contributed by atoms with Crippen molar-refractivity contribution in [1.29, 1.82) is 0 Å². The fourth-order valence-electron chi connectivity index (χ4n) is 6.75. The van der Waals surface area contributed by atoms with E-state index in [0.29, 0.717) is 0 Å². The maximum Gasteiger partial charge on any atom is 0.309 e. The standard InChI is InChI=1S/C28H50O2/c1-4-6-7-22-10-18-27(19-11-22)30-28(29)26-16-14-25(15-17-26)24-12-8-23(9-13-24)20-21(3)5-2/h21-27H,4-20H2,1-3H3. The molecule has 0 saturated heterocycles. The number of rotatable bonds is 9. The molecule has 0 heterocycles. The van der Waals surface area contributed by atoms with Crippen molar-refractivity contribution in [3.63, 3.8) is 0 Å². The molecule has 0 aromatic rings. The molecule has 2 nitrogen and oxygen atoms in total. The van der Waals surface area contributed by atoms with Gasteiger partial charge in [0.25, 0.3) is 0 Å². The molecule has 3 aliphatic rings. The molecule has 0 N–H and O–H groups in total. The van der Waals surface area contributed by atoms with Gasteiger partial charge in [-0.3, -0.25) is 4.79 Å². The van der Waals surface area contributed by atoms with Crippen LogP contribution in [-0.2, 0) is 9.53 Å². The second-order valence-electron chi connectivity index (χ2n) is 11.4. The van der Waals surface area contributed by atoms with E-state index >= 15 is 0 Å². The molecule has 1 atom stereocenters. The van der Waals surface area contributed by atoms with Gasteiger partial charge in [-0.05, 0) is 100 Å². The van der Waals surface area contributed by atoms with Crippen LogP contribution >= 0.6 is 0 Å². The highest BCUT2D eigenvalue weighted by atomic mass is 16.5. The minimum Gasteiger partial charge on any atom is -0.462 e. The molecule has 3 fully saturated rings. The third-order valence-corrected chi connectivity index (χ3v) is 9.14. The van der Waals surface area contributed by atoms with Crippen molar-refractivity contribution in [2.45, 2.75) is 136 Å². The van der Waals surface area contributed by atoms with Crippen LogP contribution in [0.5, 0.6) is 0 Å². The highest BCUT2D eigenvalue weighted by Gasteiger charge is 2.34. The van der Waals surface area contributed by atoms with Crippen molar-refractivity contribution >= 4 is 5.97 Å². The van der Waals surface area contributed by atoms with E-state index in [9.17, 15) is 4.79 Å². The zero-order chi connectivity index (χ0) is 21.3. The van der Waals surface area contributed by atoms with E-state index in [-0.39, 0.29) is 18.0 Å². The number of hydrogen-bond acceptors (Lipinski definition) is 2. The number of carbonyl (C=O) groups excluding carboxylic acids is 1. The Hall–Kier alpha value is -0.530. The average molecular weight is 419 g/mol. The minimum atomic E-state index is 0.141. The Morgan fingerprint density at radius 2 is 1.37 bits per heavy atom. The molecule has 0 aromatic heterocycles. The van der Waals surface area contributed by atoms with Crippen molar-refractivity contribution in [3.05, 3.63) is 0 Å². The normalized spacial score (nSPS) is 36.2. The lowest BCUT2D eigenvalue weighted by molar-refractivity contribution is -0.157. The van der Waals surface area contributed by atoms with Crippen molar-refractivity contribution < 1.29 is 9.53 Å². The van der Waals surface area contributed by atoms with Gasteiger partial charge in [-0.15, -0.1) is 0 Å². The minimum absolute atomic E-state index is 0.141. The van der Waals surface area contributed by atoms with Gasteiger partial charge in [0, 0.05) is 0 Å². The quantitative estimate of drug-likeness (QED) is 0.352. The molecule has 0 radical (unpaired) electrons. The molecule has 3 aliphatic carbocycles. The number of hydrogen-bond donors (Lipinski definition) is 0. The molecule has 3 saturated carbocycles. The fraction of sp³-hybridized carbons (Fsp3) is 0.964. The Balaban J connectivity index is 1.31. The molecule has 174 valence electrons. The third-order valence-electron chi connectivity index (χ3n) is 9.14. The first-order chi connectivity index (χ1) is 14.6. The largest absolute Gasteiger partial charge is 0.462 e. The van der Waals surface area contributed by atoms with E-state index in [4.69, 9.17) is 4.74 Å². The first-order valence-corrected chi connectivity index (χ1v) is 13.8. The van der Waals surface area contributed by atoms with Gasteiger partial charge < -0.3 is 4.74 Å². The van der Waals surface area contributed by atoms with Crippen LogP contribution in [0.2, 0.25) is 0 Å². The summed E-state index contributed by atoms with van der Waals surface area (Å²) < 4.78 is 5.99. The van der Waals surface area contributed by atoms with Gasteiger partial charge in [0.1, 0.15) is 6.10 Å². The fourth-order valence-corrected chi connectivity index (χ4v) is 6.75. The zero-order valence-corrected chi connectivity index (χ0v) is 20.4. The first kappa shape index (κ1) is 24.1. The first-order valence-electron chi connectivity index (χ1n) is 13.8. The van der Waals surface area contributed by atoms with E-state index < -0.39 is 0 Å². The van der Waals surface area contributed by atoms with Gasteiger partial charge in [0.15, 0.2) is 0 Å². The average Bonchev–Trinajstić information content (AvgIpc) is 2.79. The summed E-state index contributed by atoms with van der Waals surface area (Å²) in [5.74, 6) is 4.93. The number of carbonyl (C=O) groups is 1. The Labute approximate surface area is 187 Å². The summed E-state index contributed by atoms with van der Waals surface area (Å²) in [7, 11) is 0. The summed E-state index contributed by atoms with van der Waals surface area (Å²) in [5.41, 5.74) is 0. The maximum absolute atomic E-state index is 12.8. The third kappa shape index (κ3) is 7.27. The van der Waals surface area contributed by atoms with Gasteiger partial charge in [0.05, 0.1) is 5.92 Å². The molecule has 0 aliphatic heterocycles.